The summed E-state index contributed by atoms with van der Waals surface area (Å²) in [5, 5.41) is 0. The lowest BCUT2D eigenvalue weighted by Crippen LogP contribution is -1.75. The third-order valence-corrected chi connectivity index (χ3v) is 1.15. The molecular formula is C8H9. The molecule has 0 N–H and O–H groups in total. The molecule has 0 aromatic rings. The van der Waals surface area contributed by atoms with Crippen molar-refractivity contribution in [2.75, 3.05) is 0 Å². The zero-order valence-electron chi connectivity index (χ0n) is 4.91. The SMILES string of the molecule is [C]1=C\C#CCCCC/1. The van der Waals surface area contributed by atoms with Crippen LogP contribution in [0.25, 0.3) is 0 Å². The lowest BCUT2D eigenvalue weighted by atomic mass is 10.1. The Balaban J connectivity index is 2.41. The highest BCUT2D eigenvalue weighted by atomic mass is 13.9. The van der Waals surface area contributed by atoms with Gasteiger partial charge in [-0.3, -0.25) is 0 Å². The van der Waals surface area contributed by atoms with Crippen LogP contribution in [-0.4, -0.2) is 0 Å². The molecule has 0 saturated heterocycles. The van der Waals surface area contributed by atoms with Crippen molar-refractivity contribution in [1.82, 2.24) is 0 Å². The largest absolute Gasteiger partial charge is 0.0985 e. The van der Waals surface area contributed by atoms with Gasteiger partial charge in [-0.1, -0.05) is 11.8 Å². The Hall–Kier alpha value is -0.700. The summed E-state index contributed by atoms with van der Waals surface area (Å²) in [5.41, 5.74) is 0. The molecular weight excluding hydrogens is 96.1 g/mol. The molecule has 0 nitrogen and oxygen atoms in total. The van der Waals surface area contributed by atoms with E-state index in [9.17, 15) is 0 Å². The van der Waals surface area contributed by atoms with E-state index in [1.807, 2.05) is 6.08 Å². The molecule has 0 aliphatic heterocycles. The van der Waals surface area contributed by atoms with Crippen molar-refractivity contribution in [1.29, 1.82) is 0 Å². The van der Waals surface area contributed by atoms with Gasteiger partial charge in [0.2, 0.25) is 0 Å². The van der Waals surface area contributed by atoms with Crippen LogP contribution in [0.1, 0.15) is 25.7 Å². The summed E-state index contributed by atoms with van der Waals surface area (Å²) >= 11 is 0. The zero-order chi connectivity index (χ0) is 5.66. The molecule has 1 radical (unpaired) electrons. The summed E-state index contributed by atoms with van der Waals surface area (Å²) in [6.45, 7) is 0. The second-order valence-corrected chi connectivity index (χ2v) is 1.88. The Labute approximate surface area is 50.6 Å². The van der Waals surface area contributed by atoms with Crippen LogP contribution >= 0.6 is 0 Å². The first-order valence-electron chi connectivity index (χ1n) is 3.03. The zero-order valence-corrected chi connectivity index (χ0v) is 4.91. The van der Waals surface area contributed by atoms with Gasteiger partial charge in [0.1, 0.15) is 0 Å². The average molecular weight is 105 g/mol. The van der Waals surface area contributed by atoms with Crippen molar-refractivity contribution in [3.63, 3.8) is 0 Å². The van der Waals surface area contributed by atoms with Gasteiger partial charge < -0.3 is 0 Å². The molecule has 0 saturated carbocycles. The normalized spacial score (nSPS) is 22.0. The van der Waals surface area contributed by atoms with E-state index >= 15 is 0 Å². The van der Waals surface area contributed by atoms with Crippen LogP contribution in [0.3, 0.4) is 0 Å². The molecule has 0 atom stereocenters. The molecule has 0 amide bonds. The van der Waals surface area contributed by atoms with Gasteiger partial charge in [-0.05, 0) is 31.4 Å². The van der Waals surface area contributed by atoms with Gasteiger partial charge in [0, 0.05) is 6.42 Å². The first-order valence-corrected chi connectivity index (χ1v) is 3.03. The minimum absolute atomic E-state index is 1.07. The third kappa shape index (κ3) is 1.84. The summed E-state index contributed by atoms with van der Waals surface area (Å²) < 4.78 is 0. The van der Waals surface area contributed by atoms with Crippen molar-refractivity contribution in [3.05, 3.63) is 12.2 Å². The van der Waals surface area contributed by atoms with Crippen molar-refractivity contribution >= 4 is 0 Å². The van der Waals surface area contributed by atoms with E-state index in [-0.39, 0.29) is 0 Å². The number of allylic oxidation sites excluding steroid dienone is 2. The predicted octanol–water partition coefficient (Wildman–Crippen LogP) is 1.92. The monoisotopic (exact) mass is 105 g/mol. The van der Waals surface area contributed by atoms with E-state index < -0.39 is 0 Å². The maximum absolute atomic E-state index is 3.09. The Morgan fingerprint density at radius 2 is 2.00 bits per heavy atom. The van der Waals surface area contributed by atoms with E-state index in [2.05, 4.69) is 17.9 Å². The smallest absolute Gasteiger partial charge is 0.00923 e. The first-order chi connectivity index (χ1) is 4.00. The van der Waals surface area contributed by atoms with E-state index in [0.29, 0.717) is 0 Å². The summed E-state index contributed by atoms with van der Waals surface area (Å²) in [6, 6.07) is 0. The van der Waals surface area contributed by atoms with Gasteiger partial charge >= 0.3 is 0 Å². The van der Waals surface area contributed by atoms with Gasteiger partial charge in [-0.25, -0.2) is 0 Å². The van der Waals surface area contributed by atoms with Gasteiger partial charge in [0.15, 0.2) is 0 Å². The number of hydrogen-bond acceptors (Lipinski definition) is 0. The molecule has 0 heteroatoms. The van der Waals surface area contributed by atoms with E-state index in [0.717, 1.165) is 12.8 Å². The second-order valence-electron chi connectivity index (χ2n) is 1.88. The standard InChI is InChI=1S/C8H9/c1-2-4-6-8-7-5-3-1/h1H,4,6-8H2. The van der Waals surface area contributed by atoms with Crippen molar-refractivity contribution in [2.24, 2.45) is 0 Å². The minimum atomic E-state index is 1.07. The lowest BCUT2D eigenvalue weighted by molar-refractivity contribution is 0.761. The summed E-state index contributed by atoms with van der Waals surface area (Å²) in [6.07, 6.45) is 9.58. The molecule has 41 valence electrons. The fourth-order valence-electron chi connectivity index (χ4n) is 0.687. The fourth-order valence-corrected chi connectivity index (χ4v) is 0.687. The third-order valence-electron chi connectivity index (χ3n) is 1.15. The van der Waals surface area contributed by atoms with Gasteiger partial charge in [-0.15, -0.1) is 0 Å². The van der Waals surface area contributed by atoms with Crippen LogP contribution in [0.5, 0.6) is 0 Å². The van der Waals surface area contributed by atoms with Crippen molar-refractivity contribution in [3.8, 4) is 11.8 Å². The predicted molar refractivity (Wildman–Crippen MR) is 34.1 cm³/mol. The number of hydrogen-bond donors (Lipinski definition) is 0. The maximum Gasteiger partial charge on any atom is 0.00923 e. The summed E-state index contributed by atoms with van der Waals surface area (Å²) in [7, 11) is 0. The lowest BCUT2D eigenvalue weighted by Gasteiger charge is -1.91. The van der Waals surface area contributed by atoms with Gasteiger partial charge in [0.25, 0.3) is 0 Å². The highest BCUT2D eigenvalue weighted by molar-refractivity contribution is 5.13. The minimum Gasteiger partial charge on any atom is -0.0985 e. The molecule has 0 heterocycles. The van der Waals surface area contributed by atoms with Crippen LogP contribution in [0.15, 0.2) is 6.08 Å². The van der Waals surface area contributed by atoms with Crippen molar-refractivity contribution < 1.29 is 0 Å². The van der Waals surface area contributed by atoms with Crippen LogP contribution in [-0.2, 0) is 0 Å². The van der Waals surface area contributed by atoms with Crippen LogP contribution in [0, 0.1) is 17.9 Å². The van der Waals surface area contributed by atoms with E-state index in [1.54, 1.807) is 0 Å². The average Bonchev–Trinajstić information content (AvgIpc) is 1.62. The molecule has 8 heavy (non-hydrogen) atoms. The van der Waals surface area contributed by atoms with Gasteiger partial charge in [0.05, 0.1) is 0 Å². The van der Waals surface area contributed by atoms with Crippen LogP contribution in [0.4, 0.5) is 0 Å². The molecule has 1 aliphatic rings. The second kappa shape index (κ2) is 3.32. The molecule has 0 aromatic carbocycles. The molecule has 0 spiro atoms. The van der Waals surface area contributed by atoms with E-state index in [1.165, 1.54) is 12.8 Å². The molecule has 0 unspecified atom stereocenters. The van der Waals surface area contributed by atoms with Crippen LogP contribution < -0.4 is 0 Å². The molecule has 0 aromatic heterocycles. The van der Waals surface area contributed by atoms with Crippen LogP contribution in [0.2, 0.25) is 0 Å². The summed E-state index contributed by atoms with van der Waals surface area (Å²) in [5.74, 6) is 5.92. The highest BCUT2D eigenvalue weighted by Crippen LogP contribution is 2.00. The molecule has 1 rings (SSSR count). The van der Waals surface area contributed by atoms with Gasteiger partial charge in [-0.2, -0.15) is 0 Å². The Bertz CT molecular complexity index is 132. The summed E-state index contributed by atoms with van der Waals surface area (Å²) in [4.78, 5) is 0. The van der Waals surface area contributed by atoms with E-state index in [4.69, 9.17) is 0 Å². The Morgan fingerprint density at radius 1 is 1.12 bits per heavy atom. The Morgan fingerprint density at radius 3 is 3.00 bits per heavy atom. The first kappa shape index (κ1) is 5.44. The highest BCUT2D eigenvalue weighted by Gasteiger charge is 1.84. The quantitative estimate of drug-likeness (QED) is 0.413. The molecule has 0 fully saturated rings. The number of rotatable bonds is 0. The maximum atomic E-state index is 3.09. The Kier molecular flexibility index (Phi) is 2.26. The fraction of sp³-hybridized carbons (Fsp3) is 0.500. The molecule has 1 aliphatic carbocycles. The molecule has 0 bridgehead atoms. The topological polar surface area (TPSA) is 0 Å². The van der Waals surface area contributed by atoms with Crippen molar-refractivity contribution in [2.45, 2.75) is 25.7 Å².